The van der Waals surface area contributed by atoms with Crippen molar-refractivity contribution in [3.05, 3.63) is 30.1 Å². The number of likely N-dealkylation sites (tertiary alicyclic amines) is 1. The van der Waals surface area contributed by atoms with Crippen molar-refractivity contribution in [3.63, 3.8) is 0 Å². The highest BCUT2D eigenvalue weighted by molar-refractivity contribution is 5.82. The molecule has 0 radical (unpaired) electrons. The summed E-state index contributed by atoms with van der Waals surface area (Å²) in [5, 5.41) is 10.2. The fourth-order valence-corrected chi connectivity index (χ4v) is 2.70. The van der Waals surface area contributed by atoms with Crippen LogP contribution in [0.2, 0.25) is 0 Å². The Balaban J connectivity index is 1.55. The number of ether oxygens (including phenoxy) is 1. The molecule has 1 amide bonds. The molecule has 1 saturated carbocycles. The third kappa shape index (κ3) is 2.50. The Morgan fingerprint density at radius 3 is 2.80 bits per heavy atom. The molecule has 0 bridgehead atoms. The summed E-state index contributed by atoms with van der Waals surface area (Å²) in [6.45, 7) is 2.41. The van der Waals surface area contributed by atoms with Gasteiger partial charge in [-0.1, -0.05) is 6.07 Å². The molecule has 20 heavy (non-hydrogen) atoms. The highest BCUT2D eigenvalue weighted by atomic mass is 19.1. The van der Waals surface area contributed by atoms with E-state index in [0.29, 0.717) is 24.8 Å². The van der Waals surface area contributed by atoms with E-state index in [9.17, 15) is 14.3 Å². The van der Waals surface area contributed by atoms with Gasteiger partial charge in [0.15, 0.2) is 6.10 Å². The average Bonchev–Trinajstić information content (AvgIpc) is 3.18. The summed E-state index contributed by atoms with van der Waals surface area (Å²) in [4.78, 5) is 13.7. The van der Waals surface area contributed by atoms with E-state index in [2.05, 4.69) is 0 Å². The maximum atomic E-state index is 13.0. The van der Waals surface area contributed by atoms with Gasteiger partial charge >= 0.3 is 0 Å². The minimum Gasteiger partial charge on any atom is -0.481 e. The second-order valence-corrected chi connectivity index (χ2v) is 5.79. The Labute approximate surface area is 117 Å². The van der Waals surface area contributed by atoms with Crippen LogP contribution in [0.4, 0.5) is 4.39 Å². The molecule has 5 heteroatoms. The molecule has 1 atom stereocenters. The van der Waals surface area contributed by atoms with Crippen LogP contribution in [-0.2, 0) is 4.79 Å². The molecule has 1 heterocycles. The first-order valence-electron chi connectivity index (χ1n) is 6.91. The lowest BCUT2D eigenvalue weighted by Crippen LogP contribution is -2.66. The summed E-state index contributed by atoms with van der Waals surface area (Å²) in [5.41, 5.74) is -0.686. The normalized spacial score (nSPS) is 22.1. The fraction of sp³-hybridized carbons (Fsp3) is 0.533. The van der Waals surface area contributed by atoms with Crippen LogP contribution in [0.25, 0.3) is 0 Å². The van der Waals surface area contributed by atoms with E-state index in [0.717, 1.165) is 12.8 Å². The van der Waals surface area contributed by atoms with Gasteiger partial charge in [-0.3, -0.25) is 4.79 Å². The Hall–Kier alpha value is -1.62. The van der Waals surface area contributed by atoms with Crippen molar-refractivity contribution in [2.75, 3.05) is 13.1 Å². The third-order valence-electron chi connectivity index (χ3n) is 4.03. The molecule has 2 aliphatic rings. The number of carbonyl (C=O) groups excluding carboxylic acids is 1. The van der Waals surface area contributed by atoms with Crippen molar-refractivity contribution < 1.29 is 19.0 Å². The lowest BCUT2D eigenvalue weighted by Gasteiger charge is -2.47. The monoisotopic (exact) mass is 279 g/mol. The summed E-state index contributed by atoms with van der Waals surface area (Å²) >= 11 is 0. The van der Waals surface area contributed by atoms with E-state index >= 15 is 0 Å². The Morgan fingerprint density at radius 1 is 1.50 bits per heavy atom. The van der Waals surface area contributed by atoms with Crippen LogP contribution < -0.4 is 4.74 Å². The molecule has 3 rings (SSSR count). The first-order chi connectivity index (χ1) is 9.48. The lowest BCUT2D eigenvalue weighted by atomic mass is 9.88. The molecule has 4 nitrogen and oxygen atoms in total. The highest BCUT2D eigenvalue weighted by Gasteiger charge is 2.53. The van der Waals surface area contributed by atoms with E-state index in [1.165, 1.54) is 18.2 Å². The van der Waals surface area contributed by atoms with Gasteiger partial charge in [0.1, 0.15) is 17.2 Å². The van der Waals surface area contributed by atoms with Gasteiger partial charge in [0.2, 0.25) is 0 Å². The van der Waals surface area contributed by atoms with Gasteiger partial charge in [0, 0.05) is 6.07 Å². The average molecular weight is 279 g/mol. The van der Waals surface area contributed by atoms with E-state index in [-0.39, 0.29) is 5.91 Å². The molecule has 1 aromatic rings. The Bertz CT molecular complexity index is 524. The number of β-amino-alcohol motifs (C(OH)–C–C–N with tert-alkyl or cyclic N) is 1. The zero-order valence-corrected chi connectivity index (χ0v) is 11.4. The molecule has 1 unspecified atom stereocenters. The van der Waals surface area contributed by atoms with Crippen molar-refractivity contribution in [2.24, 2.45) is 5.92 Å². The first kappa shape index (κ1) is 13.4. The maximum absolute atomic E-state index is 13.0. The zero-order valence-electron chi connectivity index (χ0n) is 11.4. The number of benzene rings is 1. The highest BCUT2D eigenvalue weighted by Crippen LogP contribution is 2.44. The topological polar surface area (TPSA) is 49.8 Å². The number of carbonyl (C=O) groups is 1. The predicted molar refractivity (Wildman–Crippen MR) is 70.7 cm³/mol. The van der Waals surface area contributed by atoms with Crippen molar-refractivity contribution >= 4 is 5.91 Å². The van der Waals surface area contributed by atoms with E-state index in [1.807, 2.05) is 0 Å². The molecule has 2 fully saturated rings. The largest absolute Gasteiger partial charge is 0.481 e. The van der Waals surface area contributed by atoms with Gasteiger partial charge in [-0.05, 0) is 37.8 Å². The number of aliphatic hydroxyl groups is 1. The minimum atomic E-state index is -0.686. The summed E-state index contributed by atoms with van der Waals surface area (Å²) in [7, 11) is 0. The van der Waals surface area contributed by atoms with Gasteiger partial charge in [-0.2, -0.15) is 0 Å². The second kappa shape index (κ2) is 4.74. The smallest absolute Gasteiger partial charge is 0.263 e. The van der Waals surface area contributed by atoms with Crippen LogP contribution in [0.15, 0.2) is 24.3 Å². The summed E-state index contributed by atoms with van der Waals surface area (Å²) in [6.07, 6.45) is 1.42. The van der Waals surface area contributed by atoms with Gasteiger partial charge < -0.3 is 14.7 Å². The molecular formula is C15H18FNO3. The maximum Gasteiger partial charge on any atom is 0.263 e. The van der Waals surface area contributed by atoms with Crippen molar-refractivity contribution in [2.45, 2.75) is 31.5 Å². The molecule has 1 aromatic carbocycles. The number of hydrogen-bond acceptors (Lipinski definition) is 3. The Kier molecular flexibility index (Phi) is 3.17. The second-order valence-electron chi connectivity index (χ2n) is 5.79. The third-order valence-corrected chi connectivity index (χ3v) is 4.03. The molecule has 1 aliphatic heterocycles. The Morgan fingerprint density at radius 2 is 2.20 bits per heavy atom. The van der Waals surface area contributed by atoms with Crippen molar-refractivity contribution in [1.82, 2.24) is 4.90 Å². The molecule has 1 N–H and O–H groups in total. The number of amides is 1. The minimum absolute atomic E-state index is 0.167. The van der Waals surface area contributed by atoms with Gasteiger partial charge in [0.05, 0.1) is 13.1 Å². The molecule has 108 valence electrons. The number of hydrogen-bond donors (Lipinski definition) is 1. The van der Waals surface area contributed by atoms with Crippen LogP contribution in [0.1, 0.15) is 19.8 Å². The summed E-state index contributed by atoms with van der Waals surface area (Å²) in [5.74, 6) is 0.128. The van der Waals surface area contributed by atoms with E-state index in [1.54, 1.807) is 17.9 Å². The molecular weight excluding hydrogens is 261 g/mol. The van der Waals surface area contributed by atoms with Gasteiger partial charge in [-0.15, -0.1) is 0 Å². The summed E-state index contributed by atoms with van der Waals surface area (Å²) in [6, 6.07) is 5.73. The number of nitrogens with zero attached hydrogens (tertiary/aromatic N) is 1. The molecule has 0 spiro atoms. The quantitative estimate of drug-likeness (QED) is 0.910. The standard InChI is InChI=1S/C15H18FNO3/c1-10(20-13-4-2-3-12(16)7-13)14(18)17-8-15(19,9-17)11-5-6-11/h2-4,7,10-11,19H,5-6,8-9H2,1H3. The molecule has 1 saturated heterocycles. The zero-order chi connectivity index (χ0) is 14.3. The summed E-state index contributed by atoms with van der Waals surface area (Å²) < 4.78 is 18.5. The molecule has 1 aliphatic carbocycles. The van der Waals surface area contributed by atoms with Crippen LogP contribution >= 0.6 is 0 Å². The van der Waals surface area contributed by atoms with E-state index < -0.39 is 17.5 Å². The van der Waals surface area contributed by atoms with Crippen LogP contribution in [0, 0.1) is 11.7 Å². The van der Waals surface area contributed by atoms with Crippen molar-refractivity contribution in [1.29, 1.82) is 0 Å². The number of halogens is 1. The van der Waals surface area contributed by atoms with Crippen LogP contribution in [0.3, 0.4) is 0 Å². The number of rotatable bonds is 4. The van der Waals surface area contributed by atoms with Gasteiger partial charge in [-0.25, -0.2) is 4.39 Å². The fourth-order valence-electron chi connectivity index (χ4n) is 2.70. The van der Waals surface area contributed by atoms with Crippen molar-refractivity contribution in [3.8, 4) is 5.75 Å². The lowest BCUT2D eigenvalue weighted by molar-refractivity contribution is -0.165. The van der Waals surface area contributed by atoms with E-state index in [4.69, 9.17) is 4.74 Å². The van der Waals surface area contributed by atoms with Crippen LogP contribution in [0.5, 0.6) is 5.75 Å². The van der Waals surface area contributed by atoms with Crippen LogP contribution in [-0.4, -0.2) is 40.7 Å². The first-order valence-corrected chi connectivity index (χ1v) is 6.91. The predicted octanol–water partition coefficient (Wildman–Crippen LogP) is 1.58. The van der Waals surface area contributed by atoms with Gasteiger partial charge in [0.25, 0.3) is 5.91 Å². The SMILES string of the molecule is CC(Oc1cccc(F)c1)C(=O)N1CC(O)(C2CC2)C1. The molecule has 0 aromatic heterocycles.